The number of carbonyl (C=O) groups is 1. The van der Waals surface area contributed by atoms with Crippen molar-refractivity contribution in [3.63, 3.8) is 0 Å². The number of hydrogen-bond donors (Lipinski definition) is 1. The summed E-state index contributed by atoms with van der Waals surface area (Å²) in [6.45, 7) is 0. The largest absolute Gasteiger partial charge is 0.496 e. The molecule has 1 aromatic carbocycles. The molecule has 0 aromatic heterocycles. The molecule has 0 fully saturated rings. The van der Waals surface area contributed by atoms with Crippen LogP contribution in [0.1, 0.15) is 5.56 Å². The Morgan fingerprint density at radius 3 is 2.06 bits per heavy atom. The van der Waals surface area contributed by atoms with Gasteiger partial charge in [0.25, 0.3) is 0 Å². The topological polar surface area (TPSA) is 65.0 Å². The smallest absolute Gasteiger partial charge is 0.328 e. The Balaban J connectivity index is 3.23. The molecule has 92 valence electrons. The van der Waals surface area contributed by atoms with Crippen molar-refractivity contribution >= 4 is 12.0 Å². The van der Waals surface area contributed by atoms with Gasteiger partial charge < -0.3 is 19.3 Å². The Labute approximate surface area is 99.2 Å². The number of aliphatic carboxylic acids is 1. The minimum absolute atomic E-state index is 0.512. The van der Waals surface area contributed by atoms with Crippen LogP contribution in [-0.4, -0.2) is 32.4 Å². The van der Waals surface area contributed by atoms with Crippen molar-refractivity contribution in [1.29, 1.82) is 0 Å². The molecule has 0 saturated carbocycles. The van der Waals surface area contributed by atoms with Gasteiger partial charge in [0, 0.05) is 17.7 Å². The average Bonchev–Trinajstić information content (AvgIpc) is 2.34. The maximum absolute atomic E-state index is 10.5. The Morgan fingerprint density at radius 1 is 1.06 bits per heavy atom. The van der Waals surface area contributed by atoms with Crippen LogP contribution in [0.25, 0.3) is 6.08 Å². The molecule has 0 aliphatic rings. The first-order chi connectivity index (χ1) is 8.12. The second kappa shape index (κ2) is 5.79. The lowest BCUT2D eigenvalue weighted by molar-refractivity contribution is -0.131. The van der Waals surface area contributed by atoms with Crippen molar-refractivity contribution in [3.8, 4) is 17.2 Å². The summed E-state index contributed by atoms with van der Waals surface area (Å²) in [6.07, 6.45) is 2.47. The minimum Gasteiger partial charge on any atom is -0.496 e. The fourth-order valence-corrected chi connectivity index (χ4v) is 1.34. The Hall–Kier alpha value is -2.17. The zero-order chi connectivity index (χ0) is 12.8. The van der Waals surface area contributed by atoms with Crippen molar-refractivity contribution in [2.24, 2.45) is 0 Å². The summed E-state index contributed by atoms with van der Waals surface area (Å²) in [5.74, 6) is 0.525. The number of hydrogen-bond acceptors (Lipinski definition) is 4. The van der Waals surface area contributed by atoms with E-state index in [0.717, 1.165) is 6.08 Å². The van der Waals surface area contributed by atoms with E-state index < -0.39 is 5.97 Å². The van der Waals surface area contributed by atoms with Crippen molar-refractivity contribution in [3.05, 3.63) is 23.8 Å². The first-order valence-electron chi connectivity index (χ1n) is 4.83. The van der Waals surface area contributed by atoms with Gasteiger partial charge in [-0.25, -0.2) is 4.79 Å². The van der Waals surface area contributed by atoms with Gasteiger partial charge in [0.05, 0.1) is 21.3 Å². The molecule has 5 heteroatoms. The van der Waals surface area contributed by atoms with Crippen LogP contribution in [0.15, 0.2) is 18.2 Å². The van der Waals surface area contributed by atoms with Gasteiger partial charge in [-0.15, -0.1) is 0 Å². The van der Waals surface area contributed by atoms with E-state index in [2.05, 4.69) is 0 Å². The first-order valence-corrected chi connectivity index (χ1v) is 4.83. The Morgan fingerprint density at radius 2 is 1.59 bits per heavy atom. The van der Waals surface area contributed by atoms with E-state index in [4.69, 9.17) is 19.3 Å². The van der Waals surface area contributed by atoms with Gasteiger partial charge in [-0.2, -0.15) is 0 Å². The predicted molar refractivity (Wildman–Crippen MR) is 62.8 cm³/mol. The molecule has 0 amide bonds. The van der Waals surface area contributed by atoms with Crippen LogP contribution in [0, 0.1) is 0 Å². The molecule has 0 unspecified atom stereocenters. The molecule has 0 saturated heterocycles. The van der Waals surface area contributed by atoms with Gasteiger partial charge in [-0.1, -0.05) is 0 Å². The maximum atomic E-state index is 10.5. The fraction of sp³-hybridized carbons (Fsp3) is 0.250. The fourth-order valence-electron chi connectivity index (χ4n) is 1.34. The number of carboxylic acids is 1. The number of carboxylic acid groups (broad SMARTS) is 1. The highest BCUT2D eigenvalue weighted by Crippen LogP contribution is 2.35. The van der Waals surface area contributed by atoms with Crippen molar-refractivity contribution in [2.45, 2.75) is 0 Å². The van der Waals surface area contributed by atoms with Crippen molar-refractivity contribution < 1.29 is 24.1 Å². The van der Waals surface area contributed by atoms with Crippen molar-refractivity contribution in [2.75, 3.05) is 21.3 Å². The van der Waals surface area contributed by atoms with Crippen LogP contribution in [0.3, 0.4) is 0 Å². The third-order valence-corrected chi connectivity index (χ3v) is 2.14. The summed E-state index contributed by atoms with van der Waals surface area (Å²) in [7, 11) is 4.53. The van der Waals surface area contributed by atoms with E-state index in [1.54, 1.807) is 12.1 Å². The van der Waals surface area contributed by atoms with E-state index >= 15 is 0 Å². The molecule has 0 aliphatic heterocycles. The molecule has 0 atom stereocenters. The van der Waals surface area contributed by atoms with Gasteiger partial charge in [-0.3, -0.25) is 0 Å². The van der Waals surface area contributed by atoms with Gasteiger partial charge in [-0.05, 0) is 12.1 Å². The monoisotopic (exact) mass is 238 g/mol. The van der Waals surface area contributed by atoms with Crippen LogP contribution >= 0.6 is 0 Å². The molecule has 5 nitrogen and oxygen atoms in total. The zero-order valence-corrected chi connectivity index (χ0v) is 9.89. The van der Waals surface area contributed by atoms with Crippen LogP contribution in [0.2, 0.25) is 0 Å². The summed E-state index contributed by atoms with van der Waals surface area (Å²) in [5, 5.41) is 8.58. The molecular formula is C12H14O5. The van der Waals surface area contributed by atoms with E-state index in [-0.39, 0.29) is 0 Å². The lowest BCUT2D eigenvalue weighted by Crippen LogP contribution is -1.95. The molecule has 0 spiro atoms. The highest BCUT2D eigenvalue weighted by Gasteiger charge is 2.09. The van der Waals surface area contributed by atoms with Gasteiger partial charge >= 0.3 is 5.97 Å². The van der Waals surface area contributed by atoms with Crippen LogP contribution in [0.5, 0.6) is 17.2 Å². The molecule has 1 rings (SSSR count). The molecule has 1 N–H and O–H groups in total. The quantitative estimate of drug-likeness (QED) is 0.792. The standard InChI is InChI=1S/C12H14O5/c1-15-9-7-11(17-3)10(16-2)6-8(9)4-5-12(13)14/h4-7H,1-3H3,(H,13,14)/b5-4+. The van der Waals surface area contributed by atoms with Gasteiger partial charge in [0.2, 0.25) is 0 Å². The summed E-state index contributed by atoms with van der Waals surface area (Å²) in [4.78, 5) is 10.5. The van der Waals surface area contributed by atoms with E-state index in [0.29, 0.717) is 22.8 Å². The molecule has 0 heterocycles. The lowest BCUT2D eigenvalue weighted by atomic mass is 10.1. The van der Waals surface area contributed by atoms with Crippen LogP contribution < -0.4 is 14.2 Å². The van der Waals surface area contributed by atoms with Gasteiger partial charge in [0.15, 0.2) is 11.5 Å². The maximum Gasteiger partial charge on any atom is 0.328 e. The van der Waals surface area contributed by atoms with Crippen LogP contribution in [0.4, 0.5) is 0 Å². The number of benzene rings is 1. The highest BCUT2D eigenvalue weighted by molar-refractivity contribution is 5.86. The molecule has 17 heavy (non-hydrogen) atoms. The predicted octanol–water partition coefficient (Wildman–Crippen LogP) is 1.81. The second-order valence-electron chi connectivity index (χ2n) is 3.12. The summed E-state index contributed by atoms with van der Waals surface area (Å²) in [5.41, 5.74) is 0.604. The lowest BCUT2D eigenvalue weighted by Gasteiger charge is -2.11. The van der Waals surface area contributed by atoms with E-state index in [1.165, 1.54) is 27.4 Å². The summed E-state index contributed by atoms with van der Waals surface area (Å²) >= 11 is 0. The number of methoxy groups -OCH3 is 3. The summed E-state index contributed by atoms with van der Waals surface area (Å²) in [6, 6.07) is 3.29. The summed E-state index contributed by atoms with van der Waals surface area (Å²) < 4.78 is 15.4. The SMILES string of the molecule is COc1cc(OC)c(OC)cc1/C=C/C(=O)O. The molecule has 0 bridgehead atoms. The minimum atomic E-state index is -1.03. The van der Waals surface area contributed by atoms with Gasteiger partial charge in [0.1, 0.15) is 5.75 Å². The zero-order valence-electron chi connectivity index (χ0n) is 9.89. The Bertz CT molecular complexity index is 437. The number of ether oxygens (including phenoxy) is 3. The number of rotatable bonds is 5. The molecule has 0 radical (unpaired) electrons. The molecule has 1 aromatic rings. The Kier molecular flexibility index (Phi) is 4.39. The molecule has 0 aliphatic carbocycles. The van der Waals surface area contributed by atoms with E-state index in [1.807, 2.05) is 0 Å². The highest BCUT2D eigenvalue weighted by atomic mass is 16.5. The second-order valence-corrected chi connectivity index (χ2v) is 3.12. The third-order valence-electron chi connectivity index (χ3n) is 2.14. The normalized spacial score (nSPS) is 10.3. The third kappa shape index (κ3) is 3.14. The van der Waals surface area contributed by atoms with Crippen molar-refractivity contribution in [1.82, 2.24) is 0 Å². The van der Waals surface area contributed by atoms with E-state index in [9.17, 15) is 4.79 Å². The molecular weight excluding hydrogens is 224 g/mol. The van der Waals surface area contributed by atoms with Crippen LogP contribution in [-0.2, 0) is 4.79 Å². The first kappa shape index (κ1) is 12.9. The average molecular weight is 238 g/mol.